The summed E-state index contributed by atoms with van der Waals surface area (Å²) in [5, 5.41) is 10.6. The predicted octanol–water partition coefficient (Wildman–Crippen LogP) is 8.13. The molecular formula is C25H38F6O3. The summed E-state index contributed by atoms with van der Waals surface area (Å²) in [6.45, 7) is 2.15. The Hall–Kier alpha value is -1.32. The minimum Gasteiger partial charge on any atom is -0.343 e. The van der Waals surface area contributed by atoms with Crippen LogP contribution in [-0.4, -0.2) is 25.3 Å². The number of hydrogen-bond acceptors (Lipinski definition) is 3. The zero-order valence-corrected chi connectivity index (χ0v) is 20.3. The lowest BCUT2D eigenvalue weighted by Crippen LogP contribution is -2.42. The summed E-state index contributed by atoms with van der Waals surface area (Å²) >= 11 is 0. The molecule has 0 aliphatic heterocycles. The fourth-order valence-electron chi connectivity index (χ4n) is 4.16. The summed E-state index contributed by atoms with van der Waals surface area (Å²) in [6, 6.07) is 1.71. The van der Waals surface area contributed by atoms with Crippen molar-refractivity contribution >= 4 is 0 Å². The van der Waals surface area contributed by atoms with E-state index in [9.17, 15) is 31.4 Å². The van der Waals surface area contributed by atoms with Gasteiger partial charge in [0.05, 0.1) is 11.1 Å². The van der Waals surface area contributed by atoms with Gasteiger partial charge in [0.15, 0.2) is 0 Å². The Bertz CT molecular complexity index is 667. The van der Waals surface area contributed by atoms with Crippen molar-refractivity contribution in [3.05, 3.63) is 34.9 Å². The number of halogens is 6. The predicted molar refractivity (Wildman–Crippen MR) is 119 cm³/mol. The van der Waals surface area contributed by atoms with Crippen LogP contribution in [-0.2, 0) is 28.2 Å². The summed E-state index contributed by atoms with van der Waals surface area (Å²) < 4.78 is 88.5. The molecule has 0 bridgehead atoms. The second-order valence-corrected chi connectivity index (χ2v) is 8.81. The Morgan fingerprint density at radius 2 is 1.15 bits per heavy atom. The molecule has 1 unspecified atom stereocenters. The summed E-state index contributed by atoms with van der Waals surface area (Å²) in [5.41, 5.74) is -2.57. The molecule has 1 aromatic rings. The van der Waals surface area contributed by atoms with Crippen LogP contribution in [0.4, 0.5) is 26.3 Å². The third kappa shape index (κ3) is 10.5. The van der Waals surface area contributed by atoms with Gasteiger partial charge in [0, 0.05) is 20.1 Å². The molecule has 1 rings (SSSR count). The first-order valence-electron chi connectivity index (χ1n) is 12.0. The van der Waals surface area contributed by atoms with E-state index in [0.717, 1.165) is 37.8 Å². The van der Waals surface area contributed by atoms with Crippen LogP contribution in [0.1, 0.15) is 94.2 Å². The van der Waals surface area contributed by atoms with Gasteiger partial charge in [-0.3, -0.25) is 0 Å². The standard InChI is InChI=1S/C25H38F6O3/c1-4-5-6-7-8-11-14-20(25(32,33-2)34-3)15-12-9-10-13-19-16-21(23(26,27)28)18-22(17-19)24(29,30)31/h16-18,20,32H,4-15H2,1-3H3. The average Bonchev–Trinajstić information content (AvgIpc) is 2.77. The molecule has 0 aliphatic carbocycles. The quantitative estimate of drug-likeness (QED) is 0.141. The number of hydrogen-bond donors (Lipinski definition) is 1. The fourth-order valence-corrected chi connectivity index (χ4v) is 4.16. The maximum atomic E-state index is 13.0. The molecular weight excluding hydrogens is 462 g/mol. The molecule has 0 fully saturated rings. The summed E-state index contributed by atoms with van der Waals surface area (Å²) in [6.07, 6.45) is -0.0468. The van der Waals surface area contributed by atoms with Crippen molar-refractivity contribution in [3.8, 4) is 0 Å². The van der Waals surface area contributed by atoms with Gasteiger partial charge in [-0.25, -0.2) is 0 Å². The van der Waals surface area contributed by atoms with Crippen molar-refractivity contribution in [1.29, 1.82) is 0 Å². The number of rotatable bonds is 16. The molecule has 198 valence electrons. The molecule has 0 amide bonds. The largest absolute Gasteiger partial charge is 0.416 e. The van der Waals surface area contributed by atoms with Gasteiger partial charge in [-0.2, -0.15) is 26.3 Å². The zero-order valence-electron chi connectivity index (χ0n) is 20.3. The van der Waals surface area contributed by atoms with Crippen LogP contribution in [0.25, 0.3) is 0 Å². The van der Waals surface area contributed by atoms with E-state index in [0.29, 0.717) is 32.1 Å². The molecule has 34 heavy (non-hydrogen) atoms. The van der Waals surface area contributed by atoms with E-state index in [1.165, 1.54) is 27.1 Å². The Morgan fingerprint density at radius 1 is 0.706 bits per heavy atom. The van der Waals surface area contributed by atoms with Crippen LogP contribution < -0.4 is 0 Å². The molecule has 0 aromatic heterocycles. The van der Waals surface area contributed by atoms with Crippen molar-refractivity contribution in [2.45, 2.75) is 102 Å². The molecule has 1 aromatic carbocycles. The van der Waals surface area contributed by atoms with E-state index in [1.807, 2.05) is 0 Å². The first-order valence-corrected chi connectivity index (χ1v) is 12.0. The molecule has 0 saturated carbocycles. The highest BCUT2D eigenvalue weighted by Gasteiger charge is 2.37. The first-order chi connectivity index (χ1) is 15.9. The zero-order chi connectivity index (χ0) is 25.8. The number of alkyl halides is 6. The number of unbranched alkanes of at least 4 members (excludes halogenated alkanes) is 7. The van der Waals surface area contributed by atoms with Gasteiger partial charge in [-0.1, -0.05) is 58.3 Å². The van der Waals surface area contributed by atoms with E-state index in [2.05, 4.69) is 6.92 Å². The second-order valence-electron chi connectivity index (χ2n) is 8.81. The number of aryl methyl sites for hydroxylation is 1. The Labute approximate surface area is 198 Å². The van der Waals surface area contributed by atoms with Gasteiger partial charge in [0.25, 0.3) is 5.97 Å². The van der Waals surface area contributed by atoms with Crippen LogP contribution in [0, 0.1) is 5.92 Å². The first kappa shape index (κ1) is 30.7. The Morgan fingerprint density at radius 3 is 1.59 bits per heavy atom. The highest BCUT2D eigenvalue weighted by atomic mass is 19.4. The fraction of sp³-hybridized carbons (Fsp3) is 0.760. The van der Waals surface area contributed by atoms with E-state index < -0.39 is 29.5 Å². The molecule has 3 nitrogen and oxygen atoms in total. The van der Waals surface area contributed by atoms with Crippen LogP contribution in [0.3, 0.4) is 0 Å². The lowest BCUT2D eigenvalue weighted by Gasteiger charge is -2.33. The van der Waals surface area contributed by atoms with Gasteiger partial charge < -0.3 is 14.6 Å². The lowest BCUT2D eigenvalue weighted by atomic mass is 9.91. The topological polar surface area (TPSA) is 38.7 Å². The van der Waals surface area contributed by atoms with E-state index >= 15 is 0 Å². The van der Waals surface area contributed by atoms with Gasteiger partial charge in [0.1, 0.15) is 0 Å². The Balaban J connectivity index is 2.65. The van der Waals surface area contributed by atoms with Gasteiger partial charge in [-0.05, 0) is 49.4 Å². The normalized spacial score (nSPS) is 13.9. The van der Waals surface area contributed by atoms with Crippen molar-refractivity contribution in [2.75, 3.05) is 14.2 Å². The molecule has 1 N–H and O–H groups in total. The molecule has 0 spiro atoms. The second kappa shape index (κ2) is 14.3. The minimum absolute atomic E-state index is 0.0102. The third-order valence-electron chi connectivity index (χ3n) is 6.17. The SMILES string of the molecule is CCCCCCCCC(CCCCCc1cc(C(F)(F)F)cc(C(F)(F)F)c1)C(O)(OC)OC. The van der Waals surface area contributed by atoms with Crippen molar-refractivity contribution < 1.29 is 40.9 Å². The molecule has 9 heteroatoms. The van der Waals surface area contributed by atoms with E-state index in [1.54, 1.807) is 0 Å². The van der Waals surface area contributed by atoms with Crippen LogP contribution in [0.2, 0.25) is 0 Å². The molecule has 0 radical (unpaired) electrons. The summed E-state index contributed by atoms with van der Waals surface area (Å²) in [4.78, 5) is 0. The monoisotopic (exact) mass is 500 g/mol. The van der Waals surface area contributed by atoms with E-state index in [-0.39, 0.29) is 24.0 Å². The van der Waals surface area contributed by atoms with Crippen molar-refractivity contribution in [1.82, 2.24) is 0 Å². The summed E-state index contributed by atoms with van der Waals surface area (Å²) in [5.74, 6) is -1.99. The molecule has 1 atom stereocenters. The maximum absolute atomic E-state index is 13.0. The minimum atomic E-state index is -4.84. The number of aliphatic hydroxyl groups is 1. The number of ether oxygens (including phenoxy) is 2. The average molecular weight is 501 g/mol. The summed E-state index contributed by atoms with van der Waals surface area (Å²) in [7, 11) is 2.73. The highest BCUT2D eigenvalue weighted by Crippen LogP contribution is 2.37. The number of methoxy groups -OCH3 is 2. The Kier molecular flexibility index (Phi) is 12.9. The molecule has 0 saturated heterocycles. The lowest BCUT2D eigenvalue weighted by molar-refractivity contribution is -0.369. The van der Waals surface area contributed by atoms with E-state index in [4.69, 9.17) is 9.47 Å². The number of benzene rings is 1. The van der Waals surface area contributed by atoms with Crippen LogP contribution in [0.15, 0.2) is 18.2 Å². The highest BCUT2D eigenvalue weighted by molar-refractivity contribution is 5.33. The maximum Gasteiger partial charge on any atom is 0.416 e. The van der Waals surface area contributed by atoms with Crippen molar-refractivity contribution in [2.24, 2.45) is 5.92 Å². The van der Waals surface area contributed by atoms with Gasteiger partial charge >= 0.3 is 12.4 Å². The molecule has 0 heterocycles. The van der Waals surface area contributed by atoms with Crippen LogP contribution >= 0.6 is 0 Å². The van der Waals surface area contributed by atoms with Gasteiger partial charge in [0.2, 0.25) is 0 Å². The molecule has 0 aliphatic rings. The van der Waals surface area contributed by atoms with Crippen molar-refractivity contribution in [3.63, 3.8) is 0 Å². The smallest absolute Gasteiger partial charge is 0.343 e. The third-order valence-corrected chi connectivity index (χ3v) is 6.17. The van der Waals surface area contributed by atoms with Crippen LogP contribution in [0.5, 0.6) is 0 Å². The van der Waals surface area contributed by atoms with Gasteiger partial charge in [-0.15, -0.1) is 0 Å².